The van der Waals surface area contributed by atoms with E-state index < -0.39 is 0 Å². The van der Waals surface area contributed by atoms with E-state index in [1.807, 2.05) is 36.4 Å². The third-order valence-electron chi connectivity index (χ3n) is 3.01. The monoisotopic (exact) mass is 271 g/mol. The lowest BCUT2D eigenvalue weighted by Gasteiger charge is -2.16. The average molecular weight is 271 g/mol. The standard InChI is InChI=1S/C16H21N3O/c1-11(2)9-13-10-14(17)19-16(18-13)15(20-3)12-7-5-4-6-8-12/h4-8,10-11,15H,9H2,1-3H3,(H2,17,18,19). The van der Waals surface area contributed by atoms with Crippen molar-refractivity contribution in [1.29, 1.82) is 0 Å². The molecule has 4 nitrogen and oxygen atoms in total. The molecule has 0 amide bonds. The van der Waals surface area contributed by atoms with Gasteiger partial charge in [0.2, 0.25) is 0 Å². The molecule has 1 atom stereocenters. The van der Waals surface area contributed by atoms with Crippen molar-refractivity contribution < 1.29 is 4.74 Å². The Kier molecular flexibility index (Phi) is 4.69. The minimum absolute atomic E-state index is 0.286. The van der Waals surface area contributed by atoms with Crippen LogP contribution in [-0.4, -0.2) is 17.1 Å². The predicted octanol–water partition coefficient (Wildman–Crippen LogP) is 2.99. The number of hydrogen-bond acceptors (Lipinski definition) is 4. The van der Waals surface area contributed by atoms with Crippen LogP contribution in [0.2, 0.25) is 0 Å². The third-order valence-corrected chi connectivity index (χ3v) is 3.01. The van der Waals surface area contributed by atoms with Crippen LogP contribution in [0.3, 0.4) is 0 Å². The van der Waals surface area contributed by atoms with Crippen LogP contribution < -0.4 is 5.73 Å². The number of anilines is 1. The Morgan fingerprint density at radius 3 is 2.45 bits per heavy atom. The molecule has 1 aromatic carbocycles. The van der Waals surface area contributed by atoms with Crippen molar-refractivity contribution in [1.82, 2.24) is 9.97 Å². The van der Waals surface area contributed by atoms with Crippen LogP contribution >= 0.6 is 0 Å². The second-order valence-corrected chi connectivity index (χ2v) is 5.27. The molecule has 0 fully saturated rings. The molecule has 0 aliphatic heterocycles. The van der Waals surface area contributed by atoms with Crippen LogP contribution in [0.25, 0.3) is 0 Å². The van der Waals surface area contributed by atoms with Gasteiger partial charge in [0.1, 0.15) is 11.9 Å². The van der Waals surface area contributed by atoms with E-state index in [9.17, 15) is 0 Å². The van der Waals surface area contributed by atoms with Gasteiger partial charge >= 0.3 is 0 Å². The van der Waals surface area contributed by atoms with Gasteiger partial charge in [-0.25, -0.2) is 9.97 Å². The molecule has 106 valence electrons. The van der Waals surface area contributed by atoms with Gasteiger partial charge in [0.25, 0.3) is 0 Å². The summed E-state index contributed by atoms with van der Waals surface area (Å²) in [6.45, 7) is 4.31. The molecule has 0 saturated carbocycles. The first-order valence-corrected chi connectivity index (χ1v) is 6.81. The van der Waals surface area contributed by atoms with E-state index in [0.29, 0.717) is 17.6 Å². The van der Waals surface area contributed by atoms with E-state index >= 15 is 0 Å². The quantitative estimate of drug-likeness (QED) is 0.908. The zero-order valence-electron chi connectivity index (χ0n) is 12.2. The number of nitrogens with zero attached hydrogens (tertiary/aromatic N) is 2. The van der Waals surface area contributed by atoms with Crippen molar-refractivity contribution in [3.05, 3.63) is 53.5 Å². The molecule has 0 aliphatic carbocycles. The summed E-state index contributed by atoms with van der Waals surface area (Å²) in [6, 6.07) is 11.8. The van der Waals surface area contributed by atoms with E-state index in [2.05, 4.69) is 23.8 Å². The molecule has 0 aliphatic rings. The molecule has 2 rings (SSSR count). The Morgan fingerprint density at radius 2 is 1.85 bits per heavy atom. The molecule has 0 radical (unpaired) electrons. The molecular formula is C16H21N3O. The average Bonchev–Trinajstić information content (AvgIpc) is 2.39. The van der Waals surface area contributed by atoms with Gasteiger partial charge in [-0.05, 0) is 17.9 Å². The first-order valence-electron chi connectivity index (χ1n) is 6.81. The van der Waals surface area contributed by atoms with Crippen LogP contribution in [0.15, 0.2) is 36.4 Å². The molecule has 2 aromatic rings. The van der Waals surface area contributed by atoms with Gasteiger partial charge in [0, 0.05) is 18.9 Å². The maximum atomic E-state index is 5.90. The topological polar surface area (TPSA) is 61.0 Å². The molecule has 1 aromatic heterocycles. The largest absolute Gasteiger partial charge is 0.384 e. The number of ether oxygens (including phenoxy) is 1. The van der Waals surface area contributed by atoms with Crippen LogP contribution in [0.4, 0.5) is 5.82 Å². The van der Waals surface area contributed by atoms with Crippen molar-refractivity contribution in [2.75, 3.05) is 12.8 Å². The molecule has 1 unspecified atom stereocenters. The zero-order valence-corrected chi connectivity index (χ0v) is 12.2. The summed E-state index contributed by atoms with van der Waals surface area (Å²) >= 11 is 0. The lowest BCUT2D eigenvalue weighted by molar-refractivity contribution is 0.129. The van der Waals surface area contributed by atoms with Crippen molar-refractivity contribution in [2.24, 2.45) is 5.92 Å². The van der Waals surface area contributed by atoms with Crippen LogP contribution in [0, 0.1) is 5.92 Å². The summed E-state index contributed by atoms with van der Waals surface area (Å²) in [6.07, 6.45) is 0.593. The van der Waals surface area contributed by atoms with E-state index in [0.717, 1.165) is 17.7 Å². The highest BCUT2D eigenvalue weighted by atomic mass is 16.5. The number of nitrogens with two attached hydrogens (primary N) is 1. The number of rotatable bonds is 5. The summed E-state index contributed by atoms with van der Waals surface area (Å²) in [7, 11) is 1.66. The number of benzene rings is 1. The lowest BCUT2D eigenvalue weighted by atomic mass is 10.1. The third kappa shape index (κ3) is 3.54. The molecule has 20 heavy (non-hydrogen) atoms. The highest BCUT2D eigenvalue weighted by molar-refractivity contribution is 5.33. The molecule has 2 N–H and O–H groups in total. The second-order valence-electron chi connectivity index (χ2n) is 5.27. The normalized spacial score (nSPS) is 12.6. The van der Waals surface area contributed by atoms with E-state index in [1.165, 1.54) is 0 Å². The number of aromatic nitrogens is 2. The maximum absolute atomic E-state index is 5.90. The smallest absolute Gasteiger partial charge is 0.164 e. The summed E-state index contributed by atoms with van der Waals surface area (Å²) in [4.78, 5) is 8.94. The summed E-state index contributed by atoms with van der Waals surface area (Å²) in [5.41, 5.74) is 7.88. The summed E-state index contributed by atoms with van der Waals surface area (Å²) < 4.78 is 5.56. The molecule has 0 bridgehead atoms. The highest BCUT2D eigenvalue weighted by Gasteiger charge is 2.17. The van der Waals surface area contributed by atoms with Crippen LogP contribution in [0.1, 0.15) is 37.0 Å². The Morgan fingerprint density at radius 1 is 1.15 bits per heavy atom. The summed E-state index contributed by atoms with van der Waals surface area (Å²) in [5, 5.41) is 0. The Labute approximate surface area is 120 Å². The number of methoxy groups -OCH3 is 1. The van der Waals surface area contributed by atoms with Crippen molar-refractivity contribution in [2.45, 2.75) is 26.4 Å². The Hall–Kier alpha value is -1.94. The molecule has 4 heteroatoms. The Bertz CT molecular complexity index is 555. The zero-order chi connectivity index (χ0) is 14.5. The molecule has 0 spiro atoms. The van der Waals surface area contributed by atoms with E-state index in [1.54, 1.807) is 7.11 Å². The first kappa shape index (κ1) is 14.5. The minimum Gasteiger partial charge on any atom is -0.384 e. The fourth-order valence-corrected chi connectivity index (χ4v) is 2.20. The first-order chi connectivity index (χ1) is 9.60. The number of hydrogen-bond donors (Lipinski definition) is 1. The van der Waals surface area contributed by atoms with Gasteiger partial charge in [-0.2, -0.15) is 0 Å². The minimum atomic E-state index is -0.286. The molecular weight excluding hydrogens is 250 g/mol. The lowest BCUT2D eigenvalue weighted by Crippen LogP contribution is -2.12. The highest BCUT2D eigenvalue weighted by Crippen LogP contribution is 2.23. The fourth-order valence-electron chi connectivity index (χ4n) is 2.20. The predicted molar refractivity (Wildman–Crippen MR) is 80.3 cm³/mol. The van der Waals surface area contributed by atoms with Gasteiger partial charge in [0.05, 0.1) is 0 Å². The van der Waals surface area contributed by atoms with Crippen molar-refractivity contribution in [3.8, 4) is 0 Å². The van der Waals surface area contributed by atoms with Gasteiger partial charge in [-0.1, -0.05) is 44.2 Å². The van der Waals surface area contributed by atoms with Crippen molar-refractivity contribution in [3.63, 3.8) is 0 Å². The van der Waals surface area contributed by atoms with Crippen LogP contribution in [0.5, 0.6) is 0 Å². The Balaban J connectivity index is 2.37. The van der Waals surface area contributed by atoms with Gasteiger partial charge in [-0.15, -0.1) is 0 Å². The van der Waals surface area contributed by atoms with Gasteiger partial charge in [-0.3, -0.25) is 0 Å². The van der Waals surface area contributed by atoms with Crippen molar-refractivity contribution >= 4 is 5.82 Å². The van der Waals surface area contributed by atoms with Gasteiger partial charge in [0.15, 0.2) is 5.82 Å². The van der Waals surface area contributed by atoms with Crippen LogP contribution in [-0.2, 0) is 11.2 Å². The van der Waals surface area contributed by atoms with Gasteiger partial charge < -0.3 is 10.5 Å². The molecule has 0 saturated heterocycles. The maximum Gasteiger partial charge on any atom is 0.164 e. The summed E-state index contributed by atoms with van der Waals surface area (Å²) in [5.74, 6) is 1.63. The van der Waals surface area contributed by atoms with E-state index in [4.69, 9.17) is 10.5 Å². The SMILES string of the molecule is COC(c1ccccc1)c1nc(N)cc(CC(C)C)n1. The van der Waals surface area contributed by atoms with E-state index in [-0.39, 0.29) is 6.10 Å². The number of nitrogen functional groups attached to an aromatic ring is 1. The fraction of sp³-hybridized carbons (Fsp3) is 0.375. The molecule has 1 heterocycles. The second kappa shape index (κ2) is 6.48.